The molecule has 1 radical (unpaired) electrons. The molecule has 13 heavy (non-hydrogen) atoms. The van der Waals surface area contributed by atoms with Crippen LogP contribution in [0.3, 0.4) is 0 Å². The minimum absolute atomic E-state index is 0.935. The van der Waals surface area contributed by atoms with Crippen molar-refractivity contribution in [3.63, 3.8) is 0 Å². The Labute approximate surface area is 79.1 Å². The molecule has 0 aliphatic carbocycles. The highest BCUT2D eigenvalue weighted by atomic mass is 16.5. The number of anilines is 1. The van der Waals surface area contributed by atoms with E-state index in [1.54, 1.807) is 7.11 Å². The smallest absolute Gasteiger partial charge is 0.142 e. The molecule has 2 nitrogen and oxygen atoms in total. The summed E-state index contributed by atoms with van der Waals surface area (Å²) in [4.78, 5) is 2.37. The molecular weight excluding hydrogens is 162 g/mol. The van der Waals surface area contributed by atoms with Gasteiger partial charge in [0.25, 0.3) is 0 Å². The van der Waals surface area contributed by atoms with Gasteiger partial charge in [0.2, 0.25) is 0 Å². The average molecular weight is 176 g/mol. The normalized spacial score (nSPS) is 16.2. The standard InChI is InChI=1S/C11H14NO/c1-13-11-7-3-2-6-10(11)12-8-4-5-9-12/h2,6-7H,4-5,8-9H2,1H3. The number of ether oxygens (including phenoxy) is 1. The minimum atomic E-state index is 0.935. The zero-order chi connectivity index (χ0) is 9.10. The van der Waals surface area contributed by atoms with Crippen molar-refractivity contribution in [1.82, 2.24) is 0 Å². The quantitative estimate of drug-likeness (QED) is 0.684. The van der Waals surface area contributed by atoms with E-state index in [1.165, 1.54) is 18.5 Å². The molecule has 0 bridgehead atoms. The van der Waals surface area contributed by atoms with Gasteiger partial charge in [-0.05, 0) is 31.0 Å². The van der Waals surface area contributed by atoms with Crippen LogP contribution < -0.4 is 9.64 Å². The maximum absolute atomic E-state index is 5.28. The predicted octanol–water partition coefficient (Wildman–Crippen LogP) is 2.10. The topological polar surface area (TPSA) is 12.5 Å². The Hall–Kier alpha value is -1.18. The van der Waals surface area contributed by atoms with E-state index < -0.39 is 0 Å². The van der Waals surface area contributed by atoms with Gasteiger partial charge in [0.1, 0.15) is 5.75 Å². The number of nitrogens with zero attached hydrogens (tertiary/aromatic N) is 1. The second kappa shape index (κ2) is 3.69. The molecule has 1 aromatic carbocycles. The summed E-state index contributed by atoms with van der Waals surface area (Å²) in [6.45, 7) is 2.31. The second-order valence-electron chi connectivity index (χ2n) is 3.29. The Morgan fingerprint density at radius 2 is 2.15 bits per heavy atom. The summed E-state index contributed by atoms with van der Waals surface area (Å²) < 4.78 is 5.28. The van der Waals surface area contributed by atoms with Crippen molar-refractivity contribution in [2.45, 2.75) is 12.8 Å². The third-order valence-electron chi connectivity index (χ3n) is 2.47. The number of methoxy groups -OCH3 is 1. The molecule has 1 fully saturated rings. The monoisotopic (exact) mass is 176 g/mol. The number of benzene rings is 1. The first-order valence-corrected chi connectivity index (χ1v) is 4.71. The van der Waals surface area contributed by atoms with Gasteiger partial charge in [0.05, 0.1) is 12.8 Å². The molecule has 1 heterocycles. The fourth-order valence-corrected chi connectivity index (χ4v) is 1.79. The summed E-state index contributed by atoms with van der Waals surface area (Å²) >= 11 is 0. The van der Waals surface area contributed by atoms with Crippen LogP contribution in [-0.2, 0) is 0 Å². The molecule has 0 saturated carbocycles. The summed E-state index contributed by atoms with van der Waals surface area (Å²) in [5.74, 6) is 0.935. The van der Waals surface area contributed by atoms with Gasteiger partial charge >= 0.3 is 0 Å². The highest BCUT2D eigenvalue weighted by Crippen LogP contribution is 2.29. The van der Waals surface area contributed by atoms with Gasteiger partial charge in [0.15, 0.2) is 0 Å². The van der Waals surface area contributed by atoms with Gasteiger partial charge in [-0.3, -0.25) is 0 Å². The Morgan fingerprint density at radius 3 is 2.85 bits per heavy atom. The number of hydrogen-bond acceptors (Lipinski definition) is 2. The van der Waals surface area contributed by atoms with E-state index in [0.717, 1.165) is 18.8 Å². The molecule has 69 valence electrons. The summed E-state index contributed by atoms with van der Waals surface area (Å²) in [6.07, 6.45) is 2.59. The average Bonchev–Trinajstić information content (AvgIpc) is 2.70. The fraction of sp³-hybridized carbons (Fsp3) is 0.455. The van der Waals surface area contributed by atoms with Crippen LogP contribution in [0.15, 0.2) is 18.2 Å². The van der Waals surface area contributed by atoms with Crippen molar-refractivity contribution in [2.75, 3.05) is 25.1 Å². The van der Waals surface area contributed by atoms with Gasteiger partial charge in [-0.15, -0.1) is 0 Å². The van der Waals surface area contributed by atoms with Crippen molar-refractivity contribution in [3.8, 4) is 5.75 Å². The molecule has 0 amide bonds. The second-order valence-corrected chi connectivity index (χ2v) is 3.29. The van der Waals surface area contributed by atoms with Crippen LogP contribution in [0.4, 0.5) is 5.69 Å². The maximum atomic E-state index is 5.28. The van der Waals surface area contributed by atoms with Gasteiger partial charge < -0.3 is 9.64 Å². The van der Waals surface area contributed by atoms with Crippen LogP contribution in [0.25, 0.3) is 0 Å². The number of rotatable bonds is 2. The molecule has 1 aliphatic heterocycles. The zero-order valence-electron chi connectivity index (χ0n) is 7.92. The fourth-order valence-electron chi connectivity index (χ4n) is 1.79. The third-order valence-corrected chi connectivity index (χ3v) is 2.47. The Morgan fingerprint density at radius 1 is 1.38 bits per heavy atom. The van der Waals surface area contributed by atoms with Crippen LogP contribution in [0, 0.1) is 6.07 Å². The van der Waals surface area contributed by atoms with Crippen molar-refractivity contribution in [1.29, 1.82) is 0 Å². The highest BCUT2D eigenvalue weighted by Gasteiger charge is 2.15. The molecule has 0 spiro atoms. The zero-order valence-corrected chi connectivity index (χ0v) is 7.92. The molecule has 2 heteroatoms. The summed E-state index contributed by atoms with van der Waals surface area (Å²) in [6, 6.07) is 8.93. The van der Waals surface area contributed by atoms with Crippen LogP contribution in [-0.4, -0.2) is 20.2 Å². The van der Waals surface area contributed by atoms with E-state index in [-0.39, 0.29) is 0 Å². The van der Waals surface area contributed by atoms with Crippen LogP contribution in [0.5, 0.6) is 5.75 Å². The molecule has 0 unspecified atom stereocenters. The van der Waals surface area contributed by atoms with E-state index in [0.29, 0.717) is 0 Å². The molecule has 0 N–H and O–H groups in total. The van der Waals surface area contributed by atoms with Crippen molar-refractivity contribution < 1.29 is 4.74 Å². The first-order chi connectivity index (χ1) is 6.42. The first kappa shape index (κ1) is 8.42. The molecule has 1 aliphatic rings. The lowest BCUT2D eigenvalue weighted by atomic mass is 10.2. The SMILES string of the molecule is COc1c[c]ccc1N1CCCC1. The van der Waals surface area contributed by atoms with Crippen molar-refractivity contribution >= 4 is 5.69 Å². The molecule has 2 rings (SSSR count). The Kier molecular flexibility index (Phi) is 2.39. The van der Waals surface area contributed by atoms with Gasteiger partial charge in [0, 0.05) is 13.1 Å². The van der Waals surface area contributed by atoms with Crippen molar-refractivity contribution in [3.05, 3.63) is 24.3 Å². The maximum Gasteiger partial charge on any atom is 0.142 e. The van der Waals surface area contributed by atoms with Gasteiger partial charge in [-0.1, -0.05) is 6.07 Å². The van der Waals surface area contributed by atoms with E-state index >= 15 is 0 Å². The van der Waals surface area contributed by atoms with E-state index in [9.17, 15) is 0 Å². The lowest BCUT2D eigenvalue weighted by Gasteiger charge is -2.19. The van der Waals surface area contributed by atoms with Crippen LogP contribution in [0.2, 0.25) is 0 Å². The molecule has 1 saturated heterocycles. The molecular formula is C11H14NO. The van der Waals surface area contributed by atoms with E-state index in [1.807, 2.05) is 12.1 Å². The first-order valence-electron chi connectivity index (χ1n) is 4.71. The Bertz CT molecular complexity index is 279. The van der Waals surface area contributed by atoms with Gasteiger partial charge in [-0.25, -0.2) is 0 Å². The van der Waals surface area contributed by atoms with E-state index in [4.69, 9.17) is 4.74 Å². The predicted molar refractivity (Wildman–Crippen MR) is 53.3 cm³/mol. The Balaban J connectivity index is 2.26. The summed E-state index contributed by atoms with van der Waals surface area (Å²) in [5, 5.41) is 0. The largest absolute Gasteiger partial charge is 0.495 e. The lowest BCUT2D eigenvalue weighted by molar-refractivity contribution is 0.415. The van der Waals surface area contributed by atoms with Crippen molar-refractivity contribution in [2.24, 2.45) is 0 Å². The summed E-state index contributed by atoms with van der Waals surface area (Å²) in [5.41, 5.74) is 1.21. The lowest BCUT2D eigenvalue weighted by Crippen LogP contribution is -2.18. The molecule has 0 atom stereocenters. The minimum Gasteiger partial charge on any atom is -0.495 e. The summed E-state index contributed by atoms with van der Waals surface area (Å²) in [7, 11) is 1.71. The molecule has 0 aromatic heterocycles. The van der Waals surface area contributed by atoms with Crippen LogP contribution >= 0.6 is 0 Å². The van der Waals surface area contributed by atoms with Crippen LogP contribution in [0.1, 0.15) is 12.8 Å². The molecule has 1 aromatic rings. The van der Waals surface area contributed by atoms with Gasteiger partial charge in [-0.2, -0.15) is 0 Å². The highest BCUT2D eigenvalue weighted by molar-refractivity contribution is 5.58. The van der Waals surface area contributed by atoms with E-state index in [2.05, 4.69) is 17.0 Å². The number of hydrogen-bond donors (Lipinski definition) is 0. The third kappa shape index (κ3) is 1.62.